The summed E-state index contributed by atoms with van der Waals surface area (Å²) in [5, 5.41) is 17.6. The van der Waals surface area contributed by atoms with Crippen molar-refractivity contribution >= 4 is 38.9 Å². The lowest BCUT2D eigenvalue weighted by Crippen LogP contribution is -2.43. The molecule has 1 amide bonds. The SMILES string of the molecule is Cc1c(S(=O)(=O)N[C@@H](C)C(F)(F)F)ccc(-c2sc(-c3nnc(C(C)(C)O)o3)nc2C(=O)N2CCC(F)(F)CC2)c1Cl. The lowest BCUT2D eigenvalue weighted by molar-refractivity contribution is -0.147. The van der Waals surface area contributed by atoms with Crippen LogP contribution in [0.1, 0.15) is 55.6 Å². The molecule has 1 aliphatic rings. The highest BCUT2D eigenvalue weighted by atomic mass is 35.5. The molecule has 1 saturated heterocycles. The number of carbonyl (C=O) groups is 1. The zero-order chi connectivity index (χ0) is 31.4. The molecule has 230 valence electrons. The van der Waals surface area contributed by atoms with Crippen molar-refractivity contribution < 1.29 is 44.7 Å². The van der Waals surface area contributed by atoms with Gasteiger partial charge in [-0.2, -0.15) is 17.9 Å². The summed E-state index contributed by atoms with van der Waals surface area (Å²) in [7, 11) is -4.67. The quantitative estimate of drug-likeness (QED) is 0.333. The Morgan fingerprint density at radius 3 is 2.38 bits per heavy atom. The van der Waals surface area contributed by atoms with Crippen LogP contribution in [-0.2, 0) is 15.6 Å². The Hall–Kier alpha value is -2.73. The summed E-state index contributed by atoms with van der Waals surface area (Å²) in [5.74, 6) is -3.95. The number of piperidine rings is 1. The number of nitrogens with one attached hydrogen (secondary N) is 1. The largest absolute Gasteiger partial charge is 0.415 e. The molecule has 42 heavy (non-hydrogen) atoms. The first kappa shape index (κ1) is 32.2. The van der Waals surface area contributed by atoms with Crippen LogP contribution in [0.25, 0.3) is 21.3 Å². The molecule has 0 spiro atoms. The van der Waals surface area contributed by atoms with Crippen molar-refractivity contribution in [2.45, 2.75) is 69.2 Å². The lowest BCUT2D eigenvalue weighted by Gasteiger charge is -2.31. The number of sulfonamides is 1. The van der Waals surface area contributed by atoms with Gasteiger partial charge in [0.25, 0.3) is 17.7 Å². The minimum absolute atomic E-state index is 0.0183. The van der Waals surface area contributed by atoms with Crippen LogP contribution >= 0.6 is 22.9 Å². The predicted molar refractivity (Wildman–Crippen MR) is 142 cm³/mol. The van der Waals surface area contributed by atoms with Crippen molar-refractivity contribution in [2.24, 2.45) is 0 Å². The molecule has 0 radical (unpaired) electrons. The van der Waals surface area contributed by atoms with Crippen molar-refractivity contribution in [3.63, 3.8) is 0 Å². The normalized spacial score (nSPS) is 17.0. The van der Waals surface area contributed by atoms with Crippen LogP contribution < -0.4 is 4.72 Å². The van der Waals surface area contributed by atoms with Gasteiger partial charge in [-0.15, -0.1) is 21.5 Å². The Morgan fingerprint density at radius 1 is 1.21 bits per heavy atom. The second-order valence-corrected chi connectivity index (χ2v) is 13.3. The van der Waals surface area contributed by atoms with Gasteiger partial charge in [0.15, 0.2) is 5.01 Å². The molecule has 3 heterocycles. The molecule has 2 N–H and O–H groups in total. The van der Waals surface area contributed by atoms with Crippen molar-refractivity contribution in [1.29, 1.82) is 0 Å². The lowest BCUT2D eigenvalue weighted by atomic mass is 10.1. The molecule has 1 aromatic carbocycles. The number of nitrogens with zero attached hydrogens (tertiary/aromatic N) is 4. The molecule has 18 heteroatoms. The number of amides is 1. The number of benzene rings is 1. The standard InChI is InChI=1S/C24H25ClF5N5O5S2/c1-11-14(42(38,39)34-12(2)24(28,29)30)6-5-13(15(11)25)17-16(20(36)35-9-7-23(26,27)8-10-35)31-19(41-17)18-32-33-21(40-18)22(3,4)37/h5-6,12,34,37H,7-10H2,1-4H3/t12-/m0/s1. The molecule has 0 aliphatic carbocycles. The first-order valence-corrected chi connectivity index (χ1v) is 15.0. The van der Waals surface area contributed by atoms with Crippen LogP contribution in [0, 0.1) is 6.92 Å². The van der Waals surface area contributed by atoms with Crippen LogP contribution in [0.3, 0.4) is 0 Å². The highest BCUT2D eigenvalue weighted by Gasteiger charge is 2.40. The smallest absolute Gasteiger partial charge is 0.404 e. The first-order valence-electron chi connectivity index (χ1n) is 12.3. The summed E-state index contributed by atoms with van der Waals surface area (Å²) in [6, 6.07) is -0.138. The van der Waals surface area contributed by atoms with E-state index in [9.17, 15) is 40.3 Å². The molecule has 1 atom stereocenters. The van der Waals surface area contributed by atoms with Gasteiger partial charge in [-0.05, 0) is 39.3 Å². The fourth-order valence-electron chi connectivity index (χ4n) is 3.98. The summed E-state index contributed by atoms with van der Waals surface area (Å²) < 4.78 is 99.2. The van der Waals surface area contributed by atoms with Crippen LogP contribution in [0.2, 0.25) is 5.02 Å². The van der Waals surface area contributed by atoms with Gasteiger partial charge in [0.1, 0.15) is 17.3 Å². The Kier molecular flexibility index (Phi) is 8.49. The second-order valence-electron chi connectivity index (χ2n) is 10.3. The number of aliphatic hydroxyl groups is 1. The van der Waals surface area contributed by atoms with Crippen molar-refractivity contribution in [2.75, 3.05) is 13.1 Å². The van der Waals surface area contributed by atoms with Gasteiger partial charge >= 0.3 is 6.18 Å². The predicted octanol–water partition coefficient (Wildman–Crippen LogP) is 5.15. The molecule has 0 unspecified atom stereocenters. The average Bonchev–Trinajstić information content (AvgIpc) is 3.52. The Labute approximate surface area is 246 Å². The van der Waals surface area contributed by atoms with E-state index in [1.54, 1.807) is 4.72 Å². The van der Waals surface area contributed by atoms with E-state index in [1.807, 2.05) is 0 Å². The fraction of sp³-hybridized carbons (Fsp3) is 0.500. The average molecular weight is 658 g/mol. The monoisotopic (exact) mass is 657 g/mol. The van der Waals surface area contributed by atoms with Crippen molar-refractivity contribution in [3.8, 4) is 21.3 Å². The maximum atomic E-state index is 13.8. The van der Waals surface area contributed by atoms with E-state index in [1.165, 1.54) is 31.7 Å². The van der Waals surface area contributed by atoms with Crippen LogP contribution in [0.5, 0.6) is 0 Å². The van der Waals surface area contributed by atoms with Gasteiger partial charge in [0.2, 0.25) is 15.9 Å². The van der Waals surface area contributed by atoms with Gasteiger partial charge < -0.3 is 14.4 Å². The minimum Gasteiger partial charge on any atom is -0.415 e. The Balaban J connectivity index is 1.80. The molecule has 3 aromatic rings. The highest BCUT2D eigenvalue weighted by Crippen LogP contribution is 2.42. The summed E-state index contributed by atoms with van der Waals surface area (Å²) >= 11 is 7.39. The van der Waals surface area contributed by atoms with E-state index in [0.717, 1.165) is 17.4 Å². The molecule has 1 aliphatic heterocycles. The van der Waals surface area contributed by atoms with E-state index in [-0.39, 0.29) is 56.6 Å². The second kappa shape index (κ2) is 11.1. The van der Waals surface area contributed by atoms with E-state index in [2.05, 4.69) is 15.2 Å². The number of likely N-dealkylation sites (tertiary alicyclic amines) is 1. The van der Waals surface area contributed by atoms with Crippen LogP contribution in [0.15, 0.2) is 21.4 Å². The summed E-state index contributed by atoms with van der Waals surface area (Å²) in [6.07, 6.45) is -5.95. The first-order chi connectivity index (χ1) is 19.2. The maximum absolute atomic E-state index is 13.8. The molecule has 4 rings (SSSR count). The third-order valence-corrected chi connectivity index (χ3v) is 9.69. The van der Waals surface area contributed by atoms with E-state index in [4.69, 9.17) is 16.0 Å². The summed E-state index contributed by atoms with van der Waals surface area (Å²) in [5.41, 5.74) is -1.72. The molecule has 2 aromatic heterocycles. The molecule has 10 nitrogen and oxygen atoms in total. The maximum Gasteiger partial charge on any atom is 0.404 e. The molecule has 1 fully saturated rings. The zero-order valence-electron chi connectivity index (χ0n) is 22.5. The van der Waals surface area contributed by atoms with Gasteiger partial charge in [-0.25, -0.2) is 22.2 Å². The van der Waals surface area contributed by atoms with Crippen molar-refractivity contribution in [3.05, 3.63) is 34.3 Å². The van der Waals surface area contributed by atoms with Gasteiger partial charge in [-0.3, -0.25) is 4.79 Å². The summed E-state index contributed by atoms with van der Waals surface area (Å²) in [6.45, 7) is 4.23. The van der Waals surface area contributed by atoms with Crippen LogP contribution in [-0.4, -0.2) is 70.7 Å². The third-order valence-electron chi connectivity index (χ3n) is 6.44. The molecular weight excluding hydrogens is 633 g/mol. The van der Waals surface area contributed by atoms with Crippen molar-refractivity contribution in [1.82, 2.24) is 24.8 Å². The Bertz CT molecular complexity index is 1610. The van der Waals surface area contributed by atoms with E-state index in [0.29, 0.717) is 6.92 Å². The fourth-order valence-corrected chi connectivity index (χ4v) is 6.84. The number of rotatable bonds is 7. The van der Waals surface area contributed by atoms with E-state index >= 15 is 0 Å². The number of thiazole rings is 1. The highest BCUT2D eigenvalue weighted by molar-refractivity contribution is 7.89. The zero-order valence-corrected chi connectivity index (χ0v) is 24.9. The Morgan fingerprint density at radius 2 is 1.83 bits per heavy atom. The van der Waals surface area contributed by atoms with Crippen LogP contribution in [0.4, 0.5) is 22.0 Å². The molecular formula is C24H25ClF5N5O5S2. The molecule has 0 saturated carbocycles. The third kappa shape index (κ3) is 6.59. The topological polar surface area (TPSA) is 139 Å². The summed E-state index contributed by atoms with van der Waals surface area (Å²) in [4.78, 5) is 18.6. The number of hydrogen-bond donors (Lipinski definition) is 2. The minimum atomic E-state index is -4.84. The van der Waals surface area contributed by atoms with Gasteiger partial charge in [0, 0.05) is 31.5 Å². The number of alkyl halides is 5. The number of aromatic nitrogens is 3. The number of halogens is 6. The number of hydrogen-bond acceptors (Lipinski definition) is 9. The van der Waals surface area contributed by atoms with Gasteiger partial charge in [-0.1, -0.05) is 17.7 Å². The van der Waals surface area contributed by atoms with E-state index < -0.39 is 57.4 Å². The number of carbonyl (C=O) groups excluding carboxylic acids is 1. The molecule has 0 bridgehead atoms. The van der Waals surface area contributed by atoms with Gasteiger partial charge in [0.05, 0.1) is 14.8 Å².